The van der Waals surface area contributed by atoms with Gasteiger partial charge in [-0.3, -0.25) is 4.98 Å². The molecule has 0 aliphatic carbocycles. The predicted octanol–water partition coefficient (Wildman–Crippen LogP) is 5.07. The first-order valence-corrected chi connectivity index (χ1v) is 11.9. The monoisotopic (exact) mass is 448 g/mol. The van der Waals surface area contributed by atoms with Gasteiger partial charge in [0.1, 0.15) is 22.6 Å². The Morgan fingerprint density at radius 2 is 1.60 bits per heavy atom. The van der Waals surface area contributed by atoms with Gasteiger partial charge < -0.3 is 4.74 Å². The van der Waals surface area contributed by atoms with Crippen LogP contribution in [0.1, 0.15) is 11.1 Å². The third-order valence-corrected chi connectivity index (χ3v) is 8.25. The molecule has 5 heteroatoms. The minimum absolute atomic E-state index is 0.575. The number of ether oxygens (including phenoxy) is 1. The van der Waals surface area contributed by atoms with E-state index in [-0.39, 0.29) is 0 Å². The van der Waals surface area contributed by atoms with Crippen LogP contribution in [-0.4, -0.2) is 9.67 Å². The van der Waals surface area contributed by atoms with Gasteiger partial charge in [0, 0.05) is 29.9 Å². The summed E-state index contributed by atoms with van der Waals surface area (Å²) in [7, 11) is 0. The van der Waals surface area contributed by atoms with Crippen LogP contribution in [0.15, 0.2) is 97.5 Å². The van der Waals surface area contributed by atoms with Crippen LogP contribution >= 0.6 is 0 Å². The molecule has 1 spiro atoms. The van der Waals surface area contributed by atoms with Crippen LogP contribution in [0.4, 0.5) is 0 Å². The molecule has 0 fully saturated rings. The molecule has 1 atom stereocenters. The maximum atomic E-state index is 6.65. The van der Waals surface area contributed by atoms with Gasteiger partial charge in [-0.15, -0.1) is 0 Å². The zero-order chi connectivity index (χ0) is 22.5. The van der Waals surface area contributed by atoms with Crippen molar-refractivity contribution in [3.63, 3.8) is 0 Å². The number of rotatable bonds is 0. The second-order valence-electron chi connectivity index (χ2n) is 9.65. The zero-order valence-corrected chi connectivity index (χ0v) is 18.4. The number of pyridine rings is 3. The van der Waals surface area contributed by atoms with Crippen molar-refractivity contribution in [2.24, 2.45) is 0 Å². The van der Waals surface area contributed by atoms with Gasteiger partial charge in [0.15, 0.2) is 11.8 Å². The maximum absolute atomic E-state index is 6.65. The summed E-state index contributed by atoms with van der Waals surface area (Å²) < 4.78 is 14.1. The summed E-state index contributed by atoms with van der Waals surface area (Å²) in [6.07, 6.45) is 6.13. The molecule has 1 unspecified atom stereocenters. The van der Waals surface area contributed by atoms with Crippen LogP contribution in [-0.2, 0) is 5.66 Å². The summed E-state index contributed by atoms with van der Waals surface area (Å²) in [5.41, 5.74) is 7.86. The molecule has 3 aromatic carbocycles. The minimum Gasteiger partial charge on any atom is -0.456 e. The maximum Gasteiger partial charge on any atom is 0.361 e. The Bertz CT molecular complexity index is 2160. The summed E-state index contributed by atoms with van der Waals surface area (Å²) >= 11 is 0. The Balaban J connectivity index is 1.63. The Morgan fingerprint density at radius 3 is 2.60 bits per heavy atom. The topological polar surface area (TPSA) is 35.0 Å². The third-order valence-electron chi connectivity index (χ3n) is 8.25. The average Bonchev–Trinajstić information content (AvgIpc) is 3.53. The number of aromatic nitrogens is 4. The average molecular weight is 448 g/mol. The Hall–Kier alpha value is -4.77. The molecule has 160 valence electrons. The van der Waals surface area contributed by atoms with Gasteiger partial charge in [-0.25, -0.2) is 0 Å². The lowest BCUT2D eigenvalue weighted by molar-refractivity contribution is -0.765. The van der Waals surface area contributed by atoms with Crippen molar-refractivity contribution in [2.75, 3.05) is 0 Å². The smallest absolute Gasteiger partial charge is 0.361 e. The van der Waals surface area contributed by atoms with Crippen molar-refractivity contribution in [1.29, 1.82) is 0 Å². The molecule has 3 aliphatic heterocycles. The number of hydrogen-bond donors (Lipinski definition) is 0. The third kappa shape index (κ3) is 1.52. The normalized spacial score (nSPS) is 18.1. The van der Waals surface area contributed by atoms with Crippen molar-refractivity contribution < 1.29 is 13.8 Å². The van der Waals surface area contributed by atoms with Crippen LogP contribution < -0.4 is 13.8 Å². The highest BCUT2D eigenvalue weighted by Crippen LogP contribution is 2.58. The van der Waals surface area contributed by atoms with Crippen LogP contribution in [0.2, 0.25) is 0 Å². The molecule has 35 heavy (non-hydrogen) atoms. The first kappa shape index (κ1) is 16.8. The molecule has 0 N–H and O–H groups in total. The van der Waals surface area contributed by atoms with Gasteiger partial charge in [0.2, 0.25) is 5.69 Å². The minimum atomic E-state index is -0.575. The number of hydrogen-bond acceptors (Lipinski definition) is 2. The summed E-state index contributed by atoms with van der Waals surface area (Å²) in [5, 5.41) is 4.81. The lowest BCUT2D eigenvalue weighted by atomic mass is 9.85. The van der Waals surface area contributed by atoms with Gasteiger partial charge in [-0.2, -0.15) is 4.57 Å². The van der Waals surface area contributed by atoms with E-state index in [0.717, 1.165) is 11.5 Å². The molecule has 7 heterocycles. The van der Waals surface area contributed by atoms with Crippen molar-refractivity contribution >= 4 is 38.1 Å². The van der Waals surface area contributed by atoms with E-state index in [9.17, 15) is 0 Å². The van der Waals surface area contributed by atoms with Crippen molar-refractivity contribution in [1.82, 2.24) is 9.67 Å². The first-order valence-electron chi connectivity index (χ1n) is 11.9. The SMILES string of the molecule is c1cc2c3c(c1)-c1cccc[n+]1C31c3c(ccc4c5cnccc5c5c6ccccc6n1[n+]5c34)O2. The summed E-state index contributed by atoms with van der Waals surface area (Å²) in [6.45, 7) is 0. The van der Waals surface area contributed by atoms with Gasteiger partial charge in [0.05, 0.1) is 21.7 Å². The van der Waals surface area contributed by atoms with E-state index in [2.05, 4.69) is 104 Å². The predicted molar refractivity (Wildman–Crippen MR) is 132 cm³/mol. The van der Waals surface area contributed by atoms with E-state index in [4.69, 9.17) is 4.74 Å². The molecular formula is C30H16N4O+2. The first-order chi connectivity index (χ1) is 17.4. The molecule has 5 nitrogen and oxygen atoms in total. The Labute approximate surface area is 198 Å². The molecule has 0 saturated carbocycles. The molecule has 0 amide bonds. The molecule has 3 aliphatic rings. The van der Waals surface area contributed by atoms with E-state index in [1.165, 1.54) is 60.5 Å². The largest absolute Gasteiger partial charge is 0.456 e. The van der Waals surface area contributed by atoms with Gasteiger partial charge in [0.25, 0.3) is 11.0 Å². The molecular weight excluding hydrogens is 432 g/mol. The number of nitrogens with zero attached hydrogens (tertiary/aromatic N) is 4. The van der Waals surface area contributed by atoms with E-state index >= 15 is 0 Å². The molecule has 4 aromatic heterocycles. The molecule has 0 bridgehead atoms. The van der Waals surface area contributed by atoms with Crippen molar-refractivity contribution in [3.8, 4) is 22.8 Å². The molecule has 7 aromatic rings. The van der Waals surface area contributed by atoms with E-state index < -0.39 is 5.66 Å². The van der Waals surface area contributed by atoms with Gasteiger partial charge in [-0.05, 0) is 48.5 Å². The number of fused-ring (bicyclic) bond motifs is 8. The molecule has 10 rings (SSSR count). The highest BCUT2D eigenvalue weighted by atomic mass is 16.5. The lowest BCUT2D eigenvalue weighted by Crippen LogP contribution is -2.62. The van der Waals surface area contributed by atoms with E-state index in [1.54, 1.807) is 0 Å². The quantitative estimate of drug-likeness (QED) is 0.240. The fourth-order valence-electron chi connectivity index (χ4n) is 7.15. The summed E-state index contributed by atoms with van der Waals surface area (Å²) in [5.74, 6) is 1.83. The van der Waals surface area contributed by atoms with E-state index in [0.29, 0.717) is 0 Å². The highest BCUT2D eigenvalue weighted by Gasteiger charge is 2.69. The van der Waals surface area contributed by atoms with Crippen LogP contribution in [0.3, 0.4) is 0 Å². The number of benzene rings is 3. The Kier molecular flexibility index (Phi) is 2.47. The van der Waals surface area contributed by atoms with Crippen molar-refractivity contribution in [2.45, 2.75) is 5.66 Å². The van der Waals surface area contributed by atoms with E-state index in [1.807, 2.05) is 12.4 Å². The van der Waals surface area contributed by atoms with Crippen LogP contribution in [0, 0.1) is 0 Å². The van der Waals surface area contributed by atoms with Crippen LogP contribution in [0.25, 0.3) is 49.4 Å². The fraction of sp³-hybridized carbons (Fsp3) is 0.0333. The Morgan fingerprint density at radius 1 is 0.714 bits per heavy atom. The van der Waals surface area contributed by atoms with Crippen LogP contribution in [0.5, 0.6) is 11.5 Å². The summed E-state index contributed by atoms with van der Waals surface area (Å²) in [4.78, 5) is 4.52. The summed E-state index contributed by atoms with van der Waals surface area (Å²) in [6, 6.07) is 28.2. The lowest BCUT2D eigenvalue weighted by Gasteiger charge is -2.27. The van der Waals surface area contributed by atoms with Gasteiger partial charge >= 0.3 is 5.66 Å². The van der Waals surface area contributed by atoms with Gasteiger partial charge in [-0.1, -0.05) is 27.4 Å². The highest BCUT2D eigenvalue weighted by molar-refractivity contribution is 6.16. The zero-order valence-electron chi connectivity index (χ0n) is 18.4. The number of para-hydroxylation sites is 1. The second-order valence-corrected chi connectivity index (χ2v) is 9.65. The molecule has 0 radical (unpaired) electrons. The second kappa shape index (κ2) is 5.15. The van der Waals surface area contributed by atoms with Crippen molar-refractivity contribution in [3.05, 3.63) is 109 Å². The molecule has 0 saturated heterocycles. The standard InChI is InChI=1S/C30H16N4O/c1-2-9-23-20(6-1)28-18-13-14-31-16-21(18)17-11-12-25-27-29(17)33(28)34(23)30(27)26-19(7-5-10-24(26)35-25)22-8-3-4-15-32(22)30/h1-16H/q+2. The fourth-order valence-corrected chi connectivity index (χ4v) is 7.15.